The van der Waals surface area contributed by atoms with Gasteiger partial charge in [-0.1, -0.05) is 42.5 Å². The van der Waals surface area contributed by atoms with E-state index >= 15 is 0 Å². The Labute approximate surface area is 136 Å². The lowest BCUT2D eigenvalue weighted by atomic mass is 9.81. The van der Waals surface area contributed by atoms with E-state index in [0.29, 0.717) is 11.5 Å². The molecule has 2 aromatic rings. The maximum Gasteiger partial charge on any atom is 0.150 e. The molecular formula is C21H17NO. The summed E-state index contributed by atoms with van der Waals surface area (Å²) >= 11 is 0. The van der Waals surface area contributed by atoms with Gasteiger partial charge in [-0.3, -0.25) is 4.79 Å². The van der Waals surface area contributed by atoms with Crippen LogP contribution < -0.4 is 4.90 Å². The summed E-state index contributed by atoms with van der Waals surface area (Å²) in [5.74, 6) is 0.450. The van der Waals surface area contributed by atoms with Crippen LogP contribution in [0.2, 0.25) is 0 Å². The number of nitrogens with zero attached hydrogens (tertiary/aromatic N) is 1. The molecule has 2 bridgehead atoms. The first-order chi connectivity index (χ1) is 11.4. The fraction of sp³-hybridized carbons (Fsp3) is 0.0952. The minimum absolute atomic E-state index is 0.450. The summed E-state index contributed by atoms with van der Waals surface area (Å²) in [7, 11) is 0. The SMILES string of the molecule is O=Cc1ccc(N(C2=C3C=CC=C[C@@H]2C3)c2ccccc2)cc1. The van der Waals surface area contributed by atoms with Crippen LogP contribution in [0.1, 0.15) is 16.8 Å². The second kappa shape index (κ2) is 5.73. The van der Waals surface area contributed by atoms with Crippen LogP contribution in [0.25, 0.3) is 0 Å². The van der Waals surface area contributed by atoms with E-state index in [1.165, 1.54) is 11.3 Å². The van der Waals surface area contributed by atoms with E-state index in [1.807, 2.05) is 30.3 Å². The summed E-state index contributed by atoms with van der Waals surface area (Å²) in [5, 5.41) is 0. The van der Waals surface area contributed by atoms with Crippen molar-refractivity contribution in [2.24, 2.45) is 5.92 Å². The second-order valence-electron chi connectivity index (χ2n) is 5.85. The Hall–Kier alpha value is -2.87. The molecular weight excluding hydrogens is 282 g/mol. The molecule has 0 heterocycles. The summed E-state index contributed by atoms with van der Waals surface area (Å²) in [6, 6.07) is 18.2. The van der Waals surface area contributed by atoms with Gasteiger partial charge in [-0.25, -0.2) is 0 Å². The van der Waals surface area contributed by atoms with Crippen LogP contribution in [-0.2, 0) is 0 Å². The van der Waals surface area contributed by atoms with E-state index in [4.69, 9.17) is 0 Å². The molecule has 2 nitrogen and oxygen atoms in total. The summed E-state index contributed by atoms with van der Waals surface area (Å²) in [4.78, 5) is 13.2. The molecule has 23 heavy (non-hydrogen) atoms. The average Bonchev–Trinajstić information content (AvgIpc) is 2.97. The van der Waals surface area contributed by atoms with Crippen molar-refractivity contribution < 1.29 is 4.79 Å². The molecule has 0 fully saturated rings. The van der Waals surface area contributed by atoms with Crippen LogP contribution >= 0.6 is 0 Å². The molecule has 2 aromatic carbocycles. The van der Waals surface area contributed by atoms with Gasteiger partial charge in [0.2, 0.25) is 0 Å². The van der Waals surface area contributed by atoms with Gasteiger partial charge in [-0.15, -0.1) is 0 Å². The van der Waals surface area contributed by atoms with Crippen molar-refractivity contribution in [3.63, 3.8) is 0 Å². The quantitative estimate of drug-likeness (QED) is 0.737. The van der Waals surface area contributed by atoms with Crippen molar-refractivity contribution in [1.82, 2.24) is 0 Å². The van der Waals surface area contributed by atoms with Gasteiger partial charge in [0, 0.05) is 28.6 Å². The number of fused-ring (bicyclic) bond motifs is 1. The van der Waals surface area contributed by atoms with Crippen LogP contribution in [-0.4, -0.2) is 6.29 Å². The predicted molar refractivity (Wildman–Crippen MR) is 93.8 cm³/mol. The zero-order valence-electron chi connectivity index (χ0n) is 12.7. The highest BCUT2D eigenvalue weighted by molar-refractivity contribution is 5.78. The number of hydrogen-bond acceptors (Lipinski definition) is 2. The molecule has 1 atom stereocenters. The molecule has 2 aliphatic carbocycles. The highest BCUT2D eigenvalue weighted by atomic mass is 16.1. The molecule has 0 saturated heterocycles. The number of hydrogen-bond donors (Lipinski definition) is 0. The minimum atomic E-state index is 0.450. The van der Waals surface area contributed by atoms with Crippen molar-refractivity contribution in [2.45, 2.75) is 6.42 Å². The van der Waals surface area contributed by atoms with Gasteiger partial charge in [0.1, 0.15) is 6.29 Å². The van der Waals surface area contributed by atoms with Gasteiger partial charge >= 0.3 is 0 Å². The van der Waals surface area contributed by atoms with E-state index in [2.05, 4.69) is 53.5 Å². The number of aldehydes is 1. The number of allylic oxidation sites excluding steroid dienone is 5. The van der Waals surface area contributed by atoms with Gasteiger partial charge in [-0.2, -0.15) is 0 Å². The number of benzene rings is 2. The molecule has 4 rings (SSSR count). The minimum Gasteiger partial charge on any atom is -0.313 e. The van der Waals surface area contributed by atoms with Gasteiger partial charge in [0.05, 0.1) is 0 Å². The van der Waals surface area contributed by atoms with Crippen molar-refractivity contribution in [2.75, 3.05) is 4.90 Å². The maximum absolute atomic E-state index is 10.9. The molecule has 0 unspecified atom stereocenters. The molecule has 112 valence electrons. The molecule has 0 aromatic heterocycles. The highest BCUT2D eigenvalue weighted by Gasteiger charge is 2.32. The van der Waals surface area contributed by atoms with E-state index < -0.39 is 0 Å². The van der Waals surface area contributed by atoms with E-state index in [1.54, 1.807) is 0 Å². The number of carbonyl (C=O) groups excluding carboxylic acids is 1. The topological polar surface area (TPSA) is 20.3 Å². The third kappa shape index (κ3) is 2.42. The third-order valence-corrected chi connectivity index (χ3v) is 4.41. The van der Waals surface area contributed by atoms with E-state index in [-0.39, 0.29) is 0 Å². The van der Waals surface area contributed by atoms with Gasteiger partial charge < -0.3 is 4.90 Å². The summed E-state index contributed by atoms with van der Waals surface area (Å²) < 4.78 is 0. The zero-order valence-corrected chi connectivity index (χ0v) is 12.7. The Balaban J connectivity index is 1.83. The molecule has 0 radical (unpaired) electrons. The van der Waals surface area contributed by atoms with Crippen LogP contribution in [0.3, 0.4) is 0 Å². The number of anilines is 2. The lowest BCUT2D eigenvalue weighted by molar-refractivity contribution is 0.112. The smallest absolute Gasteiger partial charge is 0.150 e. The molecule has 0 saturated carbocycles. The van der Waals surface area contributed by atoms with E-state index in [0.717, 1.165) is 24.1 Å². The second-order valence-corrected chi connectivity index (χ2v) is 5.85. The Kier molecular flexibility index (Phi) is 3.43. The first-order valence-electron chi connectivity index (χ1n) is 7.85. The summed E-state index contributed by atoms with van der Waals surface area (Å²) in [5.41, 5.74) is 5.64. The Bertz CT molecular complexity index is 813. The van der Waals surface area contributed by atoms with Gasteiger partial charge in [-0.05, 0) is 48.4 Å². The molecule has 2 aliphatic rings. The maximum atomic E-state index is 10.9. The number of rotatable bonds is 4. The molecule has 0 aliphatic heterocycles. The fourth-order valence-corrected chi connectivity index (χ4v) is 3.24. The lowest BCUT2D eigenvalue weighted by Gasteiger charge is -2.39. The molecule has 2 heteroatoms. The normalized spacial score (nSPS) is 18.3. The molecule has 0 spiro atoms. The standard InChI is InChI=1S/C21H17NO/c23-15-16-10-12-20(13-11-16)22(19-8-2-1-3-9-19)21-17-6-4-5-7-18(21)14-17/h1-13,15,17H,14H2/t17-/m1/s1. The first kappa shape index (κ1) is 13.8. The summed E-state index contributed by atoms with van der Waals surface area (Å²) in [6.07, 6.45) is 10.7. The van der Waals surface area contributed by atoms with Gasteiger partial charge in [0.15, 0.2) is 0 Å². The Morgan fingerprint density at radius 2 is 1.65 bits per heavy atom. The van der Waals surface area contributed by atoms with Gasteiger partial charge in [0.25, 0.3) is 0 Å². The fourth-order valence-electron chi connectivity index (χ4n) is 3.24. The van der Waals surface area contributed by atoms with Crippen LogP contribution in [0.4, 0.5) is 11.4 Å². The monoisotopic (exact) mass is 299 g/mol. The largest absolute Gasteiger partial charge is 0.313 e. The zero-order chi connectivity index (χ0) is 15.6. The van der Waals surface area contributed by atoms with E-state index in [9.17, 15) is 4.79 Å². The highest BCUT2D eigenvalue weighted by Crippen LogP contribution is 2.45. The molecule has 0 amide bonds. The van der Waals surface area contributed by atoms with Crippen molar-refractivity contribution in [3.8, 4) is 0 Å². The lowest BCUT2D eigenvalue weighted by Crippen LogP contribution is -2.29. The van der Waals surface area contributed by atoms with Crippen molar-refractivity contribution in [3.05, 3.63) is 95.7 Å². The van der Waals surface area contributed by atoms with Crippen LogP contribution in [0, 0.1) is 5.92 Å². The average molecular weight is 299 g/mol. The Morgan fingerprint density at radius 3 is 2.39 bits per heavy atom. The van der Waals surface area contributed by atoms with Crippen molar-refractivity contribution in [1.29, 1.82) is 0 Å². The first-order valence-corrected chi connectivity index (χ1v) is 7.85. The predicted octanol–water partition coefficient (Wildman–Crippen LogP) is 5.04. The molecule has 0 N–H and O–H groups in total. The van der Waals surface area contributed by atoms with Crippen LogP contribution in [0.5, 0.6) is 0 Å². The number of carbonyl (C=O) groups is 1. The Morgan fingerprint density at radius 1 is 0.913 bits per heavy atom. The summed E-state index contributed by atoms with van der Waals surface area (Å²) in [6.45, 7) is 0. The third-order valence-electron chi connectivity index (χ3n) is 4.41. The number of para-hydroxylation sites is 1. The van der Waals surface area contributed by atoms with Crippen molar-refractivity contribution >= 4 is 17.7 Å². The van der Waals surface area contributed by atoms with Crippen LogP contribution in [0.15, 0.2) is 90.2 Å².